The fourth-order valence-electron chi connectivity index (χ4n) is 3.21. The van der Waals surface area contributed by atoms with Crippen molar-refractivity contribution in [3.05, 3.63) is 29.8 Å². The average molecular weight is 347 g/mol. The van der Waals surface area contributed by atoms with Crippen molar-refractivity contribution in [2.45, 2.75) is 25.4 Å². The Hall–Kier alpha value is -1.63. The van der Waals surface area contributed by atoms with E-state index in [1.165, 1.54) is 0 Å². The lowest BCUT2D eigenvalue weighted by atomic mass is 10.2. The monoisotopic (exact) mass is 347 g/mol. The van der Waals surface area contributed by atoms with Crippen LogP contribution < -0.4 is 15.4 Å². The van der Waals surface area contributed by atoms with Gasteiger partial charge in [-0.15, -0.1) is 0 Å². The lowest BCUT2D eigenvalue weighted by Crippen LogP contribution is -2.44. The van der Waals surface area contributed by atoms with Crippen LogP contribution in [0.2, 0.25) is 0 Å². The van der Waals surface area contributed by atoms with Crippen LogP contribution in [0, 0.1) is 0 Å². The lowest BCUT2D eigenvalue weighted by Gasteiger charge is -2.27. The fourth-order valence-corrected chi connectivity index (χ4v) is 3.21. The van der Waals surface area contributed by atoms with E-state index < -0.39 is 0 Å². The Kier molecular flexibility index (Phi) is 7.09. The van der Waals surface area contributed by atoms with E-state index in [0.29, 0.717) is 18.7 Å². The van der Waals surface area contributed by atoms with Gasteiger partial charge in [0.1, 0.15) is 12.4 Å². The molecule has 1 aromatic carbocycles. The highest BCUT2D eigenvalue weighted by molar-refractivity contribution is 5.94. The standard InChI is InChI=1S/C19H29N3O3/c23-19(21-8-2-11-22-12-9-20-10-13-22)16-4-6-17(7-5-16)25-15-18-3-1-14-24-18/h4-7,18,20H,1-3,8-15H2,(H,21,23). The van der Waals surface area contributed by atoms with E-state index in [1.807, 2.05) is 24.3 Å². The van der Waals surface area contributed by atoms with Crippen LogP contribution >= 0.6 is 0 Å². The van der Waals surface area contributed by atoms with Crippen molar-refractivity contribution in [3.63, 3.8) is 0 Å². The number of carbonyl (C=O) groups is 1. The van der Waals surface area contributed by atoms with E-state index in [1.54, 1.807) is 0 Å². The molecule has 1 aromatic rings. The minimum atomic E-state index is -0.0222. The summed E-state index contributed by atoms with van der Waals surface area (Å²) in [6.07, 6.45) is 3.36. The number of ether oxygens (including phenoxy) is 2. The molecule has 2 heterocycles. The first-order valence-electron chi connectivity index (χ1n) is 9.37. The molecule has 2 aliphatic rings. The maximum absolute atomic E-state index is 12.2. The summed E-state index contributed by atoms with van der Waals surface area (Å²) in [5, 5.41) is 6.34. The van der Waals surface area contributed by atoms with Gasteiger partial charge >= 0.3 is 0 Å². The lowest BCUT2D eigenvalue weighted by molar-refractivity contribution is 0.0679. The third kappa shape index (κ3) is 5.99. The number of benzene rings is 1. The molecule has 0 aliphatic carbocycles. The van der Waals surface area contributed by atoms with Gasteiger partial charge in [0.25, 0.3) is 5.91 Å². The van der Waals surface area contributed by atoms with Gasteiger partial charge in [0.05, 0.1) is 6.10 Å². The van der Waals surface area contributed by atoms with Crippen LogP contribution in [0.15, 0.2) is 24.3 Å². The number of amides is 1. The molecule has 0 aromatic heterocycles. The normalized spacial score (nSPS) is 21.2. The van der Waals surface area contributed by atoms with Crippen LogP contribution in [0.5, 0.6) is 5.75 Å². The second-order valence-electron chi connectivity index (χ2n) is 6.67. The predicted molar refractivity (Wildman–Crippen MR) is 97.2 cm³/mol. The molecule has 3 rings (SSSR count). The Bertz CT molecular complexity index is 523. The van der Waals surface area contributed by atoms with E-state index in [2.05, 4.69) is 15.5 Å². The van der Waals surface area contributed by atoms with Crippen LogP contribution in [-0.4, -0.2) is 69.4 Å². The first-order chi connectivity index (χ1) is 12.3. The highest BCUT2D eigenvalue weighted by Crippen LogP contribution is 2.16. The number of hydrogen-bond donors (Lipinski definition) is 2. The number of nitrogens with one attached hydrogen (secondary N) is 2. The number of piperazine rings is 1. The van der Waals surface area contributed by atoms with Crippen molar-refractivity contribution >= 4 is 5.91 Å². The zero-order valence-corrected chi connectivity index (χ0v) is 14.8. The molecule has 2 N–H and O–H groups in total. The third-order valence-corrected chi connectivity index (χ3v) is 4.72. The fraction of sp³-hybridized carbons (Fsp3) is 0.632. The quantitative estimate of drug-likeness (QED) is 0.694. The van der Waals surface area contributed by atoms with Crippen molar-refractivity contribution in [3.8, 4) is 5.75 Å². The highest BCUT2D eigenvalue weighted by atomic mass is 16.5. The summed E-state index contributed by atoms with van der Waals surface area (Å²) in [5.41, 5.74) is 0.673. The first kappa shape index (κ1) is 18.2. The topological polar surface area (TPSA) is 62.8 Å². The van der Waals surface area contributed by atoms with Crippen molar-refractivity contribution < 1.29 is 14.3 Å². The zero-order valence-electron chi connectivity index (χ0n) is 14.8. The van der Waals surface area contributed by atoms with E-state index >= 15 is 0 Å². The molecule has 0 bridgehead atoms. The van der Waals surface area contributed by atoms with Gasteiger partial charge in [-0.25, -0.2) is 0 Å². The van der Waals surface area contributed by atoms with Crippen molar-refractivity contribution in [1.82, 2.24) is 15.5 Å². The Morgan fingerprint density at radius 2 is 2.08 bits per heavy atom. The van der Waals surface area contributed by atoms with Crippen LogP contribution in [0.25, 0.3) is 0 Å². The molecule has 138 valence electrons. The van der Waals surface area contributed by atoms with Crippen LogP contribution in [-0.2, 0) is 4.74 Å². The van der Waals surface area contributed by atoms with Gasteiger partial charge in [-0.2, -0.15) is 0 Å². The van der Waals surface area contributed by atoms with Crippen LogP contribution in [0.3, 0.4) is 0 Å². The molecular formula is C19H29N3O3. The van der Waals surface area contributed by atoms with E-state index in [-0.39, 0.29) is 12.0 Å². The van der Waals surface area contributed by atoms with Gasteiger partial charge in [-0.1, -0.05) is 0 Å². The summed E-state index contributed by atoms with van der Waals surface area (Å²) in [4.78, 5) is 14.6. The SMILES string of the molecule is O=C(NCCCN1CCNCC1)c1ccc(OCC2CCCO2)cc1. The Morgan fingerprint density at radius 1 is 1.28 bits per heavy atom. The highest BCUT2D eigenvalue weighted by Gasteiger charge is 2.16. The molecule has 2 fully saturated rings. The summed E-state index contributed by atoms with van der Waals surface area (Å²) in [6, 6.07) is 7.34. The predicted octanol–water partition coefficient (Wildman–Crippen LogP) is 1.27. The van der Waals surface area contributed by atoms with Crippen LogP contribution in [0.1, 0.15) is 29.6 Å². The Labute approximate surface area is 149 Å². The second kappa shape index (κ2) is 9.75. The van der Waals surface area contributed by atoms with Crippen molar-refractivity contribution in [2.24, 2.45) is 0 Å². The molecule has 2 aliphatic heterocycles. The van der Waals surface area contributed by atoms with Gasteiger partial charge in [0.15, 0.2) is 0 Å². The zero-order chi connectivity index (χ0) is 17.3. The first-order valence-corrected chi connectivity index (χ1v) is 9.37. The molecule has 6 heteroatoms. The number of carbonyl (C=O) groups excluding carboxylic acids is 1. The molecule has 1 unspecified atom stereocenters. The largest absolute Gasteiger partial charge is 0.491 e. The molecule has 25 heavy (non-hydrogen) atoms. The maximum Gasteiger partial charge on any atom is 0.251 e. The minimum absolute atomic E-state index is 0.0222. The minimum Gasteiger partial charge on any atom is -0.491 e. The molecule has 0 saturated carbocycles. The summed E-state index contributed by atoms with van der Waals surface area (Å²) in [7, 11) is 0. The van der Waals surface area contributed by atoms with E-state index in [0.717, 1.165) is 64.3 Å². The molecule has 1 amide bonds. The van der Waals surface area contributed by atoms with Gasteiger partial charge in [-0.05, 0) is 50.1 Å². The third-order valence-electron chi connectivity index (χ3n) is 4.72. The number of hydrogen-bond acceptors (Lipinski definition) is 5. The van der Waals surface area contributed by atoms with E-state index in [4.69, 9.17) is 9.47 Å². The molecule has 1 atom stereocenters. The van der Waals surface area contributed by atoms with Crippen molar-refractivity contribution in [2.75, 3.05) is 52.5 Å². The van der Waals surface area contributed by atoms with Gasteiger partial charge in [-0.3, -0.25) is 4.79 Å². The van der Waals surface area contributed by atoms with Gasteiger partial charge in [0, 0.05) is 44.9 Å². The number of nitrogens with zero attached hydrogens (tertiary/aromatic N) is 1. The Balaban J connectivity index is 1.33. The maximum atomic E-state index is 12.2. The van der Waals surface area contributed by atoms with Crippen molar-refractivity contribution in [1.29, 1.82) is 0 Å². The molecule has 6 nitrogen and oxygen atoms in total. The molecule has 0 spiro atoms. The average Bonchev–Trinajstić information content (AvgIpc) is 3.18. The summed E-state index contributed by atoms with van der Waals surface area (Å²) in [5.74, 6) is 0.761. The summed E-state index contributed by atoms with van der Waals surface area (Å²) in [6.45, 7) is 7.49. The van der Waals surface area contributed by atoms with Gasteiger partial charge < -0.3 is 25.0 Å². The second-order valence-corrected chi connectivity index (χ2v) is 6.67. The van der Waals surface area contributed by atoms with Crippen LogP contribution in [0.4, 0.5) is 0 Å². The summed E-state index contributed by atoms with van der Waals surface area (Å²) < 4.78 is 11.3. The molecule has 2 saturated heterocycles. The molecular weight excluding hydrogens is 318 g/mol. The molecule has 0 radical (unpaired) electrons. The smallest absolute Gasteiger partial charge is 0.251 e. The Morgan fingerprint density at radius 3 is 2.80 bits per heavy atom. The van der Waals surface area contributed by atoms with E-state index in [9.17, 15) is 4.79 Å². The number of rotatable bonds is 8. The van der Waals surface area contributed by atoms with Gasteiger partial charge in [0.2, 0.25) is 0 Å². The summed E-state index contributed by atoms with van der Waals surface area (Å²) >= 11 is 0.